The molecule has 1 rings (SSSR count). The average molecular weight is 311 g/mol. The van der Waals surface area contributed by atoms with Gasteiger partial charge in [0.05, 0.1) is 6.04 Å². The first-order valence-corrected chi connectivity index (χ1v) is 6.08. The molecule has 1 amide bonds. The van der Waals surface area contributed by atoms with Gasteiger partial charge in [0.1, 0.15) is 0 Å². The summed E-state index contributed by atoms with van der Waals surface area (Å²) in [5, 5.41) is 10.7. The summed E-state index contributed by atoms with van der Waals surface area (Å²) in [5.41, 5.74) is 0.763. The van der Waals surface area contributed by atoms with Crippen LogP contribution in [0, 0.1) is 0 Å². The molecule has 1 aromatic rings. The van der Waals surface area contributed by atoms with Gasteiger partial charge >= 0.3 is 6.09 Å². The van der Waals surface area contributed by atoms with Crippen molar-refractivity contribution in [2.24, 2.45) is 0 Å². The molecule has 0 spiro atoms. The third kappa shape index (κ3) is 4.72. The lowest BCUT2D eigenvalue weighted by Gasteiger charge is -2.19. The number of hydrogen-bond donors (Lipinski definition) is 2. The quantitative estimate of drug-likeness (QED) is 0.840. The van der Waals surface area contributed by atoms with Crippen LogP contribution in [0.3, 0.4) is 0 Å². The molecule has 2 N–H and O–H groups in total. The van der Waals surface area contributed by atoms with Crippen molar-refractivity contribution in [1.29, 1.82) is 0 Å². The highest BCUT2D eigenvalue weighted by molar-refractivity contribution is 6.76. The predicted octanol–water partition coefficient (Wildman–Crippen LogP) is 2.80. The van der Waals surface area contributed by atoms with E-state index in [-0.39, 0.29) is 6.42 Å². The van der Waals surface area contributed by atoms with Gasteiger partial charge in [0.15, 0.2) is 0 Å². The van der Waals surface area contributed by atoms with E-state index >= 15 is 0 Å². The maximum atomic E-state index is 11.8. The minimum atomic E-state index is -2.15. The van der Waals surface area contributed by atoms with E-state index in [9.17, 15) is 9.59 Å². The number of alkyl halides is 3. The highest BCUT2D eigenvalue weighted by Gasteiger charge is 2.37. The third-order valence-corrected chi connectivity index (χ3v) is 2.74. The Morgan fingerprint density at radius 2 is 1.78 bits per heavy atom. The number of nitrogens with one attached hydrogen (secondary N) is 1. The van der Waals surface area contributed by atoms with Crippen molar-refractivity contribution in [1.82, 2.24) is 5.32 Å². The second-order valence-corrected chi connectivity index (χ2v) is 5.84. The summed E-state index contributed by atoms with van der Waals surface area (Å²) in [6, 6.07) is 7.75. The van der Waals surface area contributed by atoms with Crippen LogP contribution in [0.1, 0.15) is 5.56 Å². The first kappa shape index (κ1) is 15.1. The molecular weight excluding hydrogens is 300 g/mol. The molecule has 0 aliphatic carbocycles. The van der Waals surface area contributed by atoms with Crippen molar-refractivity contribution in [3.63, 3.8) is 0 Å². The molecule has 0 bridgehead atoms. The van der Waals surface area contributed by atoms with Crippen LogP contribution in [0.5, 0.6) is 0 Å². The van der Waals surface area contributed by atoms with E-state index in [2.05, 4.69) is 0 Å². The molecule has 1 aromatic carbocycles. The van der Waals surface area contributed by atoms with Crippen LogP contribution in [0.25, 0.3) is 0 Å². The molecule has 0 fully saturated rings. The number of halogens is 3. The molecule has 0 aromatic heterocycles. The van der Waals surface area contributed by atoms with Gasteiger partial charge in [-0.2, -0.15) is 0 Å². The molecule has 0 heterocycles. The van der Waals surface area contributed by atoms with Crippen LogP contribution in [-0.2, 0) is 11.2 Å². The molecule has 18 heavy (non-hydrogen) atoms. The van der Waals surface area contributed by atoms with Gasteiger partial charge in [0.25, 0.3) is 3.79 Å². The summed E-state index contributed by atoms with van der Waals surface area (Å²) < 4.78 is -2.15. The molecular formula is C11H10Cl3NO3. The number of rotatable bonds is 4. The van der Waals surface area contributed by atoms with Crippen LogP contribution < -0.4 is 5.32 Å². The SMILES string of the molecule is O=C(O)N[C@H](Cc1ccccc1)C(=O)C(Cl)(Cl)Cl. The van der Waals surface area contributed by atoms with Crippen molar-refractivity contribution in [2.45, 2.75) is 16.3 Å². The predicted molar refractivity (Wildman–Crippen MR) is 70.4 cm³/mol. The number of ketones is 1. The van der Waals surface area contributed by atoms with Crippen molar-refractivity contribution in [3.8, 4) is 0 Å². The van der Waals surface area contributed by atoms with Gasteiger partial charge in [-0.1, -0.05) is 65.1 Å². The fraction of sp³-hybridized carbons (Fsp3) is 0.273. The fourth-order valence-electron chi connectivity index (χ4n) is 1.41. The number of Topliss-reactive ketones (excluding diaryl/α,β-unsaturated/α-hetero) is 1. The Bertz CT molecular complexity index is 431. The number of carbonyl (C=O) groups is 2. The normalized spacial score (nSPS) is 12.8. The van der Waals surface area contributed by atoms with Crippen molar-refractivity contribution >= 4 is 46.7 Å². The van der Waals surface area contributed by atoms with Gasteiger partial charge < -0.3 is 10.4 Å². The zero-order chi connectivity index (χ0) is 13.8. The Morgan fingerprint density at radius 1 is 1.22 bits per heavy atom. The minimum Gasteiger partial charge on any atom is -0.465 e. The van der Waals surface area contributed by atoms with E-state index in [0.29, 0.717) is 0 Å². The zero-order valence-electron chi connectivity index (χ0n) is 9.07. The topological polar surface area (TPSA) is 66.4 Å². The number of benzene rings is 1. The smallest absolute Gasteiger partial charge is 0.405 e. The van der Waals surface area contributed by atoms with Gasteiger partial charge in [0, 0.05) is 6.42 Å². The van der Waals surface area contributed by atoms with E-state index < -0.39 is 21.7 Å². The lowest BCUT2D eigenvalue weighted by molar-refractivity contribution is -0.120. The van der Waals surface area contributed by atoms with E-state index in [1.807, 2.05) is 5.32 Å². The zero-order valence-corrected chi connectivity index (χ0v) is 11.3. The van der Waals surface area contributed by atoms with Gasteiger partial charge in [-0.25, -0.2) is 4.79 Å². The van der Waals surface area contributed by atoms with Crippen molar-refractivity contribution in [2.75, 3.05) is 0 Å². The van der Waals surface area contributed by atoms with Crippen LogP contribution in [-0.4, -0.2) is 26.8 Å². The van der Waals surface area contributed by atoms with Crippen LogP contribution >= 0.6 is 34.8 Å². The number of carbonyl (C=O) groups excluding carboxylic acids is 1. The molecule has 0 aliphatic heterocycles. The molecule has 1 atom stereocenters. The maximum Gasteiger partial charge on any atom is 0.405 e. The molecule has 0 radical (unpaired) electrons. The summed E-state index contributed by atoms with van der Waals surface area (Å²) in [5.74, 6) is -0.807. The first-order chi connectivity index (χ1) is 8.30. The van der Waals surface area contributed by atoms with Crippen LogP contribution in [0.4, 0.5) is 4.79 Å². The molecule has 0 saturated heterocycles. The first-order valence-electron chi connectivity index (χ1n) is 4.95. The number of carboxylic acid groups (broad SMARTS) is 1. The third-order valence-electron chi connectivity index (χ3n) is 2.18. The summed E-state index contributed by atoms with van der Waals surface area (Å²) in [6.07, 6.45) is -1.22. The minimum absolute atomic E-state index is 0.125. The largest absolute Gasteiger partial charge is 0.465 e. The molecule has 0 aliphatic rings. The standard InChI is InChI=1S/C11H10Cl3NO3/c12-11(13,14)9(16)8(15-10(17)18)6-7-4-2-1-3-5-7/h1-5,8,15H,6H2,(H,17,18)/t8-/m1/s1. The van der Waals surface area contributed by atoms with Crippen LogP contribution in [0.15, 0.2) is 30.3 Å². The monoisotopic (exact) mass is 309 g/mol. The van der Waals surface area contributed by atoms with E-state index in [4.69, 9.17) is 39.9 Å². The van der Waals surface area contributed by atoms with Gasteiger partial charge in [0.2, 0.25) is 5.78 Å². The summed E-state index contributed by atoms with van der Waals surface area (Å²) in [7, 11) is 0. The van der Waals surface area contributed by atoms with Crippen molar-refractivity contribution in [3.05, 3.63) is 35.9 Å². The van der Waals surface area contributed by atoms with Crippen LogP contribution in [0.2, 0.25) is 0 Å². The second kappa shape index (κ2) is 6.27. The highest BCUT2D eigenvalue weighted by Crippen LogP contribution is 2.29. The Kier molecular flexibility index (Phi) is 5.26. The number of hydrogen-bond acceptors (Lipinski definition) is 2. The fourth-order valence-corrected chi connectivity index (χ4v) is 1.80. The molecule has 0 saturated carbocycles. The highest BCUT2D eigenvalue weighted by atomic mass is 35.6. The van der Waals surface area contributed by atoms with E-state index in [1.165, 1.54) is 0 Å². The molecule has 7 heteroatoms. The Balaban J connectivity index is 2.86. The summed E-state index contributed by atoms with van der Waals surface area (Å²) in [6.45, 7) is 0. The Morgan fingerprint density at radius 3 is 2.22 bits per heavy atom. The lowest BCUT2D eigenvalue weighted by Crippen LogP contribution is -2.46. The van der Waals surface area contributed by atoms with E-state index in [0.717, 1.165) is 5.56 Å². The summed E-state index contributed by atoms with van der Waals surface area (Å²) in [4.78, 5) is 22.4. The molecule has 0 unspecified atom stereocenters. The van der Waals surface area contributed by atoms with Crippen molar-refractivity contribution < 1.29 is 14.7 Å². The van der Waals surface area contributed by atoms with Gasteiger partial charge in [-0.05, 0) is 5.56 Å². The summed E-state index contributed by atoms with van der Waals surface area (Å²) >= 11 is 16.4. The lowest BCUT2D eigenvalue weighted by atomic mass is 10.0. The van der Waals surface area contributed by atoms with Gasteiger partial charge in [-0.15, -0.1) is 0 Å². The average Bonchev–Trinajstić information content (AvgIpc) is 2.26. The molecule has 4 nitrogen and oxygen atoms in total. The second-order valence-electron chi connectivity index (χ2n) is 3.55. The Labute approximate surface area is 119 Å². The number of amides is 1. The van der Waals surface area contributed by atoms with Gasteiger partial charge in [-0.3, -0.25) is 4.79 Å². The maximum absolute atomic E-state index is 11.8. The molecule has 98 valence electrons. The van der Waals surface area contributed by atoms with E-state index in [1.54, 1.807) is 30.3 Å². The Hall–Kier alpha value is -0.970.